The van der Waals surface area contributed by atoms with Gasteiger partial charge in [0.1, 0.15) is 10.6 Å². The lowest BCUT2D eigenvalue weighted by Gasteiger charge is -2.36. The highest BCUT2D eigenvalue weighted by Crippen LogP contribution is 2.42. The minimum Gasteiger partial charge on any atom is -0.543 e. The van der Waals surface area contributed by atoms with Crippen molar-refractivity contribution in [3.63, 3.8) is 0 Å². The molecule has 20 heavy (non-hydrogen) atoms. The molecular weight excluding hydrogens is 359 g/mol. The van der Waals surface area contributed by atoms with Gasteiger partial charge in [0.15, 0.2) is 0 Å². The molecule has 0 spiro atoms. The third-order valence-electron chi connectivity index (χ3n) is 3.39. The van der Waals surface area contributed by atoms with E-state index >= 15 is 0 Å². The molecule has 0 heterocycles. The van der Waals surface area contributed by atoms with Gasteiger partial charge in [0.2, 0.25) is 0 Å². The highest BCUT2D eigenvalue weighted by Gasteiger charge is 2.40. The Bertz CT molecular complexity index is 622. The molecule has 0 unspecified atom stereocenters. The van der Waals surface area contributed by atoms with Crippen LogP contribution in [-0.2, 0) is 9.05 Å². The van der Waals surface area contributed by atoms with Gasteiger partial charge in [-0.05, 0) is 30.3 Å². The van der Waals surface area contributed by atoms with Crippen molar-refractivity contribution in [2.45, 2.75) is 43.8 Å². The van der Waals surface area contributed by atoms with E-state index in [-0.39, 0.29) is 20.7 Å². The van der Waals surface area contributed by atoms with Gasteiger partial charge in [-0.25, -0.2) is 8.42 Å². The molecule has 0 aromatic heterocycles. The number of rotatable bonds is 3. The first kappa shape index (κ1) is 18.1. The molecule has 0 saturated heterocycles. The van der Waals surface area contributed by atoms with E-state index in [2.05, 4.69) is 0 Å². The van der Waals surface area contributed by atoms with Crippen molar-refractivity contribution in [1.29, 1.82) is 0 Å². The van der Waals surface area contributed by atoms with E-state index in [0.717, 1.165) is 0 Å². The Kier molecular flexibility index (Phi) is 5.15. The maximum Gasteiger partial charge on any atom is 0.266 e. The average Bonchev–Trinajstić information content (AvgIpc) is 2.09. The van der Waals surface area contributed by atoms with Crippen molar-refractivity contribution in [2.24, 2.45) is 0 Å². The molecule has 1 rings (SSSR count). The maximum atomic E-state index is 11.7. The molecule has 3 nitrogen and oxygen atoms in total. The Morgan fingerprint density at radius 1 is 1.15 bits per heavy atom. The Hall–Kier alpha value is 0.0569. The summed E-state index contributed by atoms with van der Waals surface area (Å²) in [7, 11) is -0.818. The van der Waals surface area contributed by atoms with E-state index in [1.54, 1.807) is 0 Å². The molecule has 1 aromatic carbocycles. The number of hydrogen-bond donors (Lipinski definition) is 0. The minimum atomic E-state index is -4.02. The number of hydrogen-bond acceptors (Lipinski definition) is 3. The summed E-state index contributed by atoms with van der Waals surface area (Å²) in [6.45, 7) is 10.1. The molecule has 0 amide bonds. The molecular formula is C12H17Cl3O3SSi. The highest BCUT2D eigenvalue weighted by molar-refractivity contribution is 8.14. The number of benzene rings is 1. The molecule has 114 valence electrons. The van der Waals surface area contributed by atoms with Gasteiger partial charge in [0, 0.05) is 15.7 Å². The van der Waals surface area contributed by atoms with Crippen molar-refractivity contribution in [2.75, 3.05) is 0 Å². The fourth-order valence-corrected chi connectivity index (χ4v) is 4.38. The van der Waals surface area contributed by atoms with Crippen LogP contribution in [-0.4, -0.2) is 16.7 Å². The molecule has 8 heteroatoms. The van der Waals surface area contributed by atoms with Gasteiger partial charge in [0.25, 0.3) is 17.4 Å². The van der Waals surface area contributed by atoms with Crippen molar-refractivity contribution in [3.8, 4) is 5.75 Å². The first-order valence-electron chi connectivity index (χ1n) is 5.88. The summed E-state index contributed by atoms with van der Waals surface area (Å²) in [6, 6.07) is 2.76. The zero-order chi connectivity index (χ0) is 15.9. The zero-order valence-electron chi connectivity index (χ0n) is 11.9. The first-order chi connectivity index (χ1) is 8.75. The lowest BCUT2D eigenvalue weighted by molar-refractivity contribution is 0.480. The van der Waals surface area contributed by atoms with Gasteiger partial charge < -0.3 is 4.43 Å². The van der Waals surface area contributed by atoms with Crippen molar-refractivity contribution in [1.82, 2.24) is 0 Å². The van der Waals surface area contributed by atoms with Crippen LogP contribution in [0.4, 0.5) is 0 Å². The van der Waals surface area contributed by atoms with Crippen LogP contribution in [0.5, 0.6) is 5.75 Å². The van der Waals surface area contributed by atoms with Crippen LogP contribution in [0.25, 0.3) is 0 Å². The van der Waals surface area contributed by atoms with E-state index < -0.39 is 17.4 Å². The SMILES string of the molecule is CC(C)(C)[Si](C)(C)Oc1cc(Cl)cc(Cl)c1S(=O)(=O)Cl. The second kappa shape index (κ2) is 5.69. The van der Waals surface area contributed by atoms with Gasteiger partial charge in [-0.1, -0.05) is 44.0 Å². The summed E-state index contributed by atoms with van der Waals surface area (Å²) in [5.41, 5.74) is 0. The summed E-state index contributed by atoms with van der Waals surface area (Å²) in [4.78, 5) is -0.227. The Morgan fingerprint density at radius 3 is 2.05 bits per heavy atom. The molecule has 0 N–H and O–H groups in total. The van der Waals surface area contributed by atoms with Crippen LogP contribution in [0.15, 0.2) is 17.0 Å². The topological polar surface area (TPSA) is 43.4 Å². The van der Waals surface area contributed by atoms with E-state index in [9.17, 15) is 8.42 Å². The van der Waals surface area contributed by atoms with Crippen molar-refractivity contribution >= 4 is 51.3 Å². The third kappa shape index (κ3) is 4.04. The Labute approximate surface area is 135 Å². The van der Waals surface area contributed by atoms with Crippen LogP contribution in [0.3, 0.4) is 0 Å². The van der Waals surface area contributed by atoms with E-state index in [4.69, 9.17) is 38.3 Å². The van der Waals surface area contributed by atoms with Crippen LogP contribution < -0.4 is 4.43 Å². The van der Waals surface area contributed by atoms with E-state index in [1.165, 1.54) is 12.1 Å². The molecule has 0 aliphatic heterocycles. The minimum absolute atomic E-state index is 0.0405. The van der Waals surface area contributed by atoms with Crippen LogP contribution in [0.1, 0.15) is 20.8 Å². The summed E-state index contributed by atoms with van der Waals surface area (Å²) in [5, 5.41) is 0.156. The summed E-state index contributed by atoms with van der Waals surface area (Å²) in [5.74, 6) is 0.115. The summed E-state index contributed by atoms with van der Waals surface area (Å²) < 4.78 is 29.4. The van der Waals surface area contributed by atoms with Crippen molar-refractivity contribution < 1.29 is 12.8 Å². The van der Waals surface area contributed by atoms with Gasteiger partial charge >= 0.3 is 0 Å². The fraction of sp³-hybridized carbons (Fsp3) is 0.500. The summed E-state index contributed by atoms with van der Waals surface area (Å²) in [6.07, 6.45) is 0. The zero-order valence-corrected chi connectivity index (χ0v) is 16.0. The largest absolute Gasteiger partial charge is 0.543 e. The van der Waals surface area contributed by atoms with E-state index in [0.29, 0.717) is 5.02 Å². The molecule has 0 aliphatic carbocycles. The second-order valence-corrected chi connectivity index (χ2v) is 14.1. The Morgan fingerprint density at radius 2 is 1.65 bits per heavy atom. The van der Waals surface area contributed by atoms with Gasteiger partial charge in [-0.3, -0.25) is 0 Å². The summed E-state index contributed by atoms with van der Waals surface area (Å²) >= 11 is 11.9. The highest BCUT2D eigenvalue weighted by atomic mass is 35.7. The van der Waals surface area contributed by atoms with Crippen LogP contribution >= 0.6 is 33.9 Å². The lowest BCUT2D eigenvalue weighted by atomic mass is 10.2. The fourth-order valence-electron chi connectivity index (χ4n) is 1.28. The molecule has 0 aliphatic rings. The third-order valence-corrected chi connectivity index (χ3v) is 9.73. The van der Waals surface area contributed by atoms with Gasteiger partial charge in [-0.15, -0.1) is 0 Å². The predicted molar refractivity (Wildman–Crippen MR) is 87.3 cm³/mol. The molecule has 0 atom stereocenters. The monoisotopic (exact) mass is 374 g/mol. The Balaban J connectivity index is 3.47. The van der Waals surface area contributed by atoms with Crippen molar-refractivity contribution in [3.05, 3.63) is 22.2 Å². The van der Waals surface area contributed by atoms with Crippen LogP contribution in [0, 0.1) is 0 Å². The quantitative estimate of drug-likeness (QED) is 0.531. The molecule has 0 fully saturated rings. The van der Waals surface area contributed by atoms with Crippen LogP contribution in [0.2, 0.25) is 28.2 Å². The molecule has 1 aromatic rings. The maximum absolute atomic E-state index is 11.7. The standard InChI is InChI=1S/C12H17Cl3O3SSi/c1-12(2,3)20(4,5)18-10-7-8(13)6-9(14)11(10)19(15,16)17/h6-7H,1-5H3. The normalized spacial score (nSPS) is 13.4. The van der Waals surface area contributed by atoms with Gasteiger partial charge in [-0.2, -0.15) is 0 Å². The first-order valence-corrected chi connectivity index (χ1v) is 11.9. The molecule has 0 bridgehead atoms. The average molecular weight is 376 g/mol. The molecule has 0 radical (unpaired) electrons. The number of halogens is 3. The lowest BCUT2D eigenvalue weighted by Crippen LogP contribution is -2.44. The molecule has 0 saturated carbocycles. The van der Waals surface area contributed by atoms with E-state index in [1.807, 2.05) is 33.9 Å². The smallest absolute Gasteiger partial charge is 0.266 e. The second-order valence-electron chi connectivity index (χ2n) is 6.02. The predicted octanol–water partition coefficient (Wildman–Crippen LogP) is 5.30. The van der Waals surface area contributed by atoms with Gasteiger partial charge in [0.05, 0.1) is 5.02 Å².